The van der Waals surface area contributed by atoms with Gasteiger partial charge in [-0.05, 0) is 25.8 Å². The minimum Gasteiger partial charge on any atom is -0.376 e. The van der Waals surface area contributed by atoms with Crippen LogP contribution in [0.5, 0.6) is 0 Å². The van der Waals surface area contributed by atoms with E-state index in [1.54, 1.807) is 0 Å². The second-order valence-corrected chi connectivity index (χ2v) is 5.47. The number of methoxy groups -OCH3 is 1. The first kappa shape index (κ1) is 13.5. The summed E-state index contributed by atoms with van der Waals surface area (Å²) < 4.78 is 7.78. The van der Waals surface area contributed by atoms with E-state index in [0.717, 1.165) is 18.5 Å². The predicted octanol–water partition coefficient (Wildman–Crippen LogP) is 1.67. The van der Waals surface area contributed by atoms with Gasteiger partial charge in [-0.15, -0.1) is 5.10 Å². The van der Waals surface area contributed by atoms with Crippen molar-refractivity contribution in [3.8, 4) is 0 Å². The molecule has 0 aromatic carbocycles. The van der Waals surface area contributed by atoms with Crippen molar-refractivity contribution in [1.29, 1.82) is 0 Å². The molecule has 1 fully saturated rings. The van der Waals surface area contributed by atoms with Crippen LogP contribution in [0.4, 0.5) is 0 Å². The summed E-state index contributed by atoms with van der Waals surface area (Å²) in [5.41, 5.74) is 0.954. The molecule has 18 heavy (non-hydrogen) atoms. The first-order valence-corrected chi connectivity index (χ1v) is 6.70. The van der Waals surface area contributed by atoms with E-state index in [9.17, 15) is 0 Å². The van der Waals surface area contributed by atoms with E-state index in [4.69, 9.17) is 4.74 Å². The van der Waals surface area contributed by atoms with E-state index in [0.29, 0.717) is 5.92 Å². The highest BCUT2D eigenvalue weighted by molar-refractivity contribution is 5.11. The Balaban J connectivity index is 2.32. The highest BCUT2D eigenvalue weighted by Crippen LogP contribution is 2.42. The van der Waals surface area contributed by atoms with E-state index < -0.39 is 0 Å². The average Bonchev–Trinajstić information content (AvgIpc) is 2.77. The SMILES string of the molecule is CNC(c1cnnn1C)C1(OC)CCCC(C)C1. The van der Waals surface area contributed by atoms with Crippen LogP contribution in [0.15, 0.2) is 6.20 Å². The molecule has 0 radical (unpaired) electrons. The summed E-state index contributed by atoms with van der Waals surface area (Å²) in [6, 6.07) is 0.144. The minimum atomic E-state index is -0.137. The summed E-state index contributed by atoms with van der Waals surface area (Å²) in [7, 11) is 5.74. The lowest BCUT2D eigenvalue weighted by atomic mass is 9.73. The zero-order valence-corrected chi connectivity index (χ0v) is 11.8. The van der Waals surface area contributed by atoms with Crippen molar-refractivity contribution < 1.29 is 4.74 Å². The van der Waals surface area contributed by atoms with Crippen LogP contribution in [0.1, 0.15) is 44.3 Å². The van der Waals surface area contributed by atoms with Gasteiger partial charge in [-0.25, -0.2) is 0 Å². The van der Waals surface area contributed by atoms with Crippen molar-refractivity contribution in [3.63, 3.8) is 0 Å². The summed E-state index contributed by atoms with van der Waals surface area (Å²) in [4.78, 5) is 0. The molecule has 1 N–H and O–H groups in total. The third-order valence-electron chi connectivity index (χ3n) is 4.26. The molecule has 1 aromatic heterocycles. The number of nitrogens with one attached hydrogen (secondary N) is 1. The molecule has 0 spiro atoms. The first-order chi connectivity index (χ1) is 8.63. The Morgan fingerprint density at radius 3 is 2.89 bits per heavy atom. The molecule has 0 bridgehead atoms. The number of aromatic nitrogens is 3. The lowest BCUT2D eigenvalue weighted by molar-refractivity contribution is -0.0806. The molecule has 5 heteroatoms. The largest absolute Gasteiger partial charge is 0.376 e. The number of aryl methyl sites for hydroxylation is 1. The first-order valence-electron chi connectivity index (χ1n) is 6.70. The van der Waals surface area contributed by atoms with Gasteiger partial charge in [0.25, 0.3) is 0 Å². The van der Waals surface area contributed by atoms with Crippen LogP contribution >= 0.6 is 0 Å². The standard InChI is InChI=1S/C13H24N4O/c1-10-6-5-7-13(8-10,18-4)12(14-2)11-9-15-16-17(11)3/h9-10,12,14H,5-8H2,1-4H3. The minimum absolute atomic E-state index is 0.137. The van der Waals surface area contributed by atoms with Gasteiger partial charge in [0.2, 0.25) is 0 Å². The Labute approximate surface area is 109 Å². The summed E-state index contributed by atoms with van der Waals surface area (Å²) in [6.07, 6.45) is 6.52. The molecule has 0 amide bonds. The lowest BCUT2D eigenvalue weighted by Gasteiger charge is -2.44. The fourth-order valence-corrected chi connectivity index (χ4v) is 3.35. The number of hydrogen-bond acceptors (Lipinski definition) is 4. The van der Waals surface area contributed by atoms with Gasteiger partial charge in [-0.2, -0.15) is 0 Å². The van der Waals surface area contributed by atoms with Crippen molar-refractivity contribution in [1.82, 2.24) is 20.3 Å². The fraction of sp³-hybridized carbons (Fsp3) is 0.846. The normalized spacial score (nSPS) is 30.3. The van der Waals surface area contributed by atoms with Crippen molar-refractivity contribution in [2.24, 2.45) is 13.0 Å². The van der Waals surface area contributed by atoms with Crippen molar-refractivity contribution in [2.75, 3.05) is 14.2 Å². The average molecular weight is 252 g/mol. The fourth-order valence-electron chi connectivity index (χ4n) is 3.35. The van der Waals surface area contributed by atoms with Gasteiger partial charge in [0.15, 0.2) is 0 Å². The van der Waals surface area contributed by atoms with Crippen LogP contribution in [0, 0.1) is 5.92 Å². The van der Waals surface area contributed by atoms with Gasteiger partial charge in [0.05, 0.1) is 23.5 Å². The van der Waals surface area contributed by atoms with Crippen LogP contribution in [-0.2, 0) is 11.8 Å². The van der Waals surface area contributed by atoms with Gasteiger partial charge >= 0.3 is 0 Å². The molecule has 3 unspecified atom stereocenters. The smallest absolute Gasteiger partial charge is 0.0890 e. The van der Waals surface area contributed by atoms with E-state index >= 15 is 0 Å². The van der Waals surface area contributed by atoms with Crippen molar-refractivity contribution in [3.05, 3.63) is 11.9 Å². The molecule has 1 heterocycles. The quantitative estimate of drug-likeness (QED) is 0.885. The van der Waals surface area contributed by atoms with Gasteiger partial charge in [-0.1, -0.05) is 25.0 Å². The van der Waals surface area contributed by atoms with E-state index in [1.807, 2.05) is 32.1 Å². The molecule has 1 aromatic rings. The number of nitrogens with zero attached hydrogens (tertiary/aromatic N) is 3. The molecule has 1 aliphatic rings. The van der Waals surface area contributed by atoms with Gasteiger partial charge < -0.3 is 10.1 Å². The Hall–Kier alpha value is -0.940. The van der Waals surface area contributed by atoms with Crippen molar-refractivity contribution in [2.45, 2.75) is 44.2 Å². The molecule has 0 aliphatic heterocycles. The zero-order chi connectivity index (χ0) is 13.2. The highest BCUT2D eigenvalue weighted by Gasteiger charge is 2.43. The number of likely N-dealkylation sites (N-methyl/N-ethyl adjacent to an activating group) is 1. The van der Waals surface area contributed by atoms with Gasteiger partial charge in [0.1, 0.15) is 0 Å². The molecule has 5 nitrogen and oxygen atoms in total. The molecule has 3 atom stereocenters. The molecule has 2 rings (SSSR count). The number of hydrogen-bond donors (Lipinski definition) is 1. The van der Waals surface area contributed by atoms with Crippen LogP contribution in [-0.4, -0.2) is 34.8 Å². The Morgan fingerprint density at radius 2 is 2.39 bits per heavy atom. The van der Waals surface area contributed by atoms with Crippen LogP contribution < -0.4 is 5.32 Å². The molecule has 1 aliphatic carbocycles. The van der Waals surface area contributed by atoms with Crippen molar-refractivity contribution >= 4 is 0 Å². The second kappa shape index (κ2) is 5.36. The maximum atomic E-state index is 5.95. The summed E-state index contributed by atoms with van der Waals surface area (Å²) >= 11 is 0. The summed E-state index contributed by atoms with van der Waals surface area (Å²) in [5.74, 6) is 0.704. The molecular formula is C13H24N4O. The topological polar surface area (TPSA) is 52.0 Å². The molecular weight excluding hydrogens is 228 g/mol. The third-order valence-corrected chi connectivity index (χ3v) is 4.26. The predicted molar refractivity (Wildman–Crippen MR) is 70.2 cm³/mol. The third kappa shape index (κ3) is 2.29. The Kier molecular flexibility index (Phi) is 4.02. The summed E-state index contributed by atoms with van der Waals surface area (Å²) in [6.45, 7) is 2.31. The van der Waals surface area contributed by atoms with Crippen LogP contribution in [0.3, 0.4) is 0 Å². The van der Waals surface area contributed by atoms with E-state index in [-0.39, 0.29) is 11.6 Å². The van der Waals surface area contributed by atoms with E-state index in [2.05, 4.69) is 22.6 Å². The maximum Gasteiger partial charge on any atom is 0.0890 e. The molecule has 0 saturated heterocycles. The van der Waals surface area contributed by atoms with E-state index in [1.165, 1.54) is 12.8 Å². The van der Waals surface area contributed by atoms with Crippen LogP contribution in [0.25, 0.3) is 0 Å². The van der Waals surface area contributed by atoms with Gasteiger partial charge in [0, 0.05) is 14.2 Å². The lowest BCUT2D eigenvalue weighted by Crippen LogP contribution is -2.48. The zero-order valence-electron chi connectivity index (χ0n) is 11.8. The molecule has 1 saturated carbocycles. The summed E-state index contributed by atoms with van der Waals surface area (Å²) in [5, 5.41) is 11.4. The van der Waals surface area contributed by atoms with Crippen LogP contribution in [0.2, 0.25) is 0 Å². The second-order valence-electron chi connectivity index (χ2n) is 5.47. The van der Waals surface area contributed by atoms with Gasteiger partial charge in [-0.3, -0.25) is 4.68 Å². The molecule has 102 valence electrons. The Morgan fingerprint density at radius 1 is 1.61 bits per heavy atom. The maximum absolute atomic E-state index is 5.95. The monoisotopic (exact) mass is 252 g/mol. The number of rotatable bonds is 4. The Bertz CT molecular complexity index is 392. The highest BCUT2D eigenvalue weighted by atomic mass is 16.5. The number of ether oxygens (including phenoxy) is 1.